The lowest BCUT2D eigenvalue weighted by atomic mass is 10.1. The molecule has 0 unspecified atom stereocenters. The van der Waals surface area contributed by atoms with E-state index in [-0.39, 0.29) is 23.3 Å². The molecular formula is C38H42N2O2S. The predicted molar refractivity (Wildman–Crippen MR) is 176 cm³/mol. The molecule has 0 radical (unpaired) electrons. The summed E-state index contributed by atoms with van der Waals surface area (Å²) in [5.41, 5.74) is 2.17. The molecule has 0 aliphatic rings. The molecular weight excluding hydrogens is 548 g/mol. The molecule has 2 aromatic carbocycles. The molecule has 43 heavy (non-hydrogen) atoms. The summed E-state index contributed by atoms with van der Waals surface area (Å²) >= 11 is 1.28. The molecule has 2 atom stereocenters. The van der Waals surface area contributed by atoms with Crippen molar-refractivity contribution in [2.24, 2.45) is 0 Å². The summed E-state index contributed by atoms with van der Waals surface area (Å²) in [6, 6.07) is 19.7. The molecule has 1 aromatic heterocycles. The Morgan fingerprint density at radius 1 is 0.581 bits per heavy atom. The first-order chi connectivity index (χ1) is 21.0. The molecule has 0 N–H and O–H groups in total. The SMILES string of the molecule is CCCCCC[C@@H](C)Oc1ccc(C#Cc2sc(C#Cc3ccc(O[C@H](C)CCCCCC)cc3)c(C#N)c2C#N)cc1. The lowest BCUT2D eigenvalue weighted by Crippen LogP contribution is -2.11. The van der Waals surface area contributed by atoms with E-state index in [1.807, 2.05) is 48.5 Å². The molecule has 0 bridgehead atoms. The van der Waals surface area contributed by atoms with E-state index >= 15 is 0 Å². The summed E-state index contributed by atoms with van der Waals surface area (Å²) in [6.07, 6.45) is 12.3. The van der Waals surface area contributed by atoms with Crippen LogP contribution in [0, 0.1) is 46.3 Å². The Morgan fingerprint density at radius 3 is 1.33 bits per heavy atom. The molecule has 0 saturated carbocycles. The summed E-state index contributed by atoms with van der Waals surface area (Å²) in [7, 11) is 0. The fraction of sp³-hybridized carbons (Fsp3) is 0.421. The highest BCUT2D eigenvalue weighted by atomic mass is 32.1. The van der Waals surface area contributed by atoms with Crippen LogP contribution in [0.2, 0.25) is 0 Å². The van der Waals surface area contributed by atoms with Crippen molar-refractivity contribution < 1.29 is 9.47 Å². The maximum Gasteiger partial charge on any atom is 0.119 e. The molecule has 0 spiro atoms. The second-order valence-electron chi connectivity index (χ2n) is 10.8. The number of unbranched alkanes of at least 4 members (excludes halogenated alkanes) is 6. The number of thiophene rings is 1. The number of hydrogen-bond acceptors (Lipinski definition) is 5. The zero-order valence-electron chi connectivity index (χ0n) is 26.0. The maximum absolute atomic E-state index is 9.78. The van der Waals surface area contributed by atoms with Crippen LogP contribution in [0.25, 0.3) is 0 Å². The quantitative estimate of drug-likeness (QED) is 0.138. The molecule has 222 valence electrons. The minimum Gasteiger partial charge on any atom is -0.491 e. The third-order valence-electron chi connectivity index (χ3n) is 7.08. The Morgan fingerprint density at radius 2 is 0.977 bits per heavy atom. The number of benzene rings is 2. The molecule has 1 heterocycles. The van der Waals surface area contributed by atoms with Crippen LogP contribution in [0.4, 0.5) is 0 Å². The van der Waals surface area contributed by atoms with Crippen LogP contribution < -0.4 is 9.47 Å². The van der Waals surface area contributed by atoms with Crippen molar-refractivity contribution in [2.75, 3.05) is 0 Å². The average Bonchev–Trinajstić information content (AvgIpc) is 3.37. The molecule has 5 heteroatoms. The van der Waals surface area contributed by atoms with Crippen LogP contribution in [0.1, 0.15) is 124 Å². The fourth-order valence-corrected chi connectivity index (χ4v) is 5.52. The Kier molecular flexibility index (Phi) is 14.3. The minimum absolute atomic E-state index is 0.169. The van der Waals surface area contributed by atoms with E-state index in [4.69, 9.17) is 9.47 Å². The lowest BCUT2D eigenvalue weighted by molar-refractivity contribution is 0.206. The van der Waals surface area contributed by atoms with Crippen molar-refractivity contribution in [3.8, 4) is 47.3 Å². The van der Waals surface area contributed by atoms with E-state index in [0.29, 0.717) is 9.75 Å². The van der Waals surface area contributed by atoms with E-state index in [9.17, 15) is 10.5 Å². The zero-order valence-corrected chi connectivity index (χ0v) is 26.8. The van der Waals surface area contributed by atoms with Crippen molar-refractivity contribution in [1.29, 1.82) is 10.5 Å². The van der Waals surface area contributed by atoms with Gasteiger partial charge in [0.15, 0.2) is 0 Å². The third kappa shape index (κ3) is 11.2. The van der Waals surface area contributed by atoms with Gasteiger partial charge in [0.2, 0.25) is 0 Å². The standard InChI is InChI=1S/C38H42N2O2S/c1-5-7-9-11-13-29(3)41-33-21-15-31(16-22-33)19-25-37-35(27-39)36(28-40)38(43-37)26-20-32-17-23-34(24-18-32)42-30(4)14-12-10-8-6-2/h15-18,21-24,29-30H,5-14H2,1-4H3/t29-,30-/m1/s1. The Hall–Kier alpha value is -4.16. The topological polar surface area (TPSA) is 66.0 Å². The summed E-state index contributed by atoms with van der Waals surface area (Å²) < 4.78 is 12.1. The Labute approximate surface area is 262 Å². The Balaban J connectivity index is 1.65. The van der Waals surface area contributed by atoms with Gasteiger partial charge in [0.1, 0.15) is 23.6 Å². The highest BCUT2D eigenvalue weighted by Crippen LogP contribution is 2.27. The first-order valence-electron chi connectivity index (χ1n) is 15.5. The number of nitrogens with zero attached hydrogens (tertiary/aromatic N) is 2. The maximum atomic E-state index is 9.78. The van der Waals surface area contributed by atoms with Crippen molar-refractivity contribution in [2.45, 2.75) is 104 Å². The smallest absolute Gasteiger partial charge is 0.119 e. The van der Waals surface area contributed by atoms with Crippen LogP contribution >= 0.6 is 11.3 Å². The van der Waals surface area contributed by atoms with Gasteiger partial charge in [-0.1, -0.05) is 64.2 Å². The third-order valence-corrected chi connectivity index (χ3v) is 8.10. The van der Waals surface area contributed by atoms with Gasteiger partial charge in [0.25, 0.3) is 0 Å². The van der Waals surface area contributed by atoms with Gasteiger partial charge in [-0.05, 0) is 99.9 Å². The fourth-order valence-electron chi connectivity index (χ4n) is 4.61. The Bertz CT molecular complexity index is 1390. The van der Waals surface area contributed by atoms with Gasteiger partial charge >= 0.3 is 0 Å². The molecule has 4 nitrogen and oxygen atoms in total. The molecule has 0 saturated heterocycles. The first-order valence-corrected chi connectivity index (χ1v) is 16.3. The summed E-state index contributed by atoms with van der Waals surface area (Å²) in [6.45, 7) is 8.64. The zero-order chi connectivity index (χ0) is 30.9. The molecule has 3 rings (SSSR count). The van der Waals surface area contributed by atoms with Crippen molar-refractivity contribution in [1.82, 2.24) is 0 Å². The molecule has 0 amide bonds. The van der Waals surface area contributed by atoms with Gasteiger partial charge in [-0.25, -0.2) is 0 Å². The monoisotopic (exact) mass is 590 g/mol. The second kappa shape index (κ2) is 18.4. The second-order valence-corrected chi connectivity index (χ2v) is 11.9. The van der Waals surface area contributed by atoms with Crippen LogP contribution in [0.3, 0.4) is 0 Å². The van der Waals surface area contributed by atoms with E-state index in [2.05, 4.69) is 63.5 Å². The van der Waals surface area contributed by atoms with E-state index < -0.39 is 0 Å². The number of ether oxygens (including phenoxy) is 2. The normalized spacial score (nSPS) is 11.6. The lowest BCUT2D eigenvalue weighted by Gasteiger charge is -2.14. The molecule has 0 fully saturated rings. The summed E-state index contributed by atoms with van der Waals surface area (Å²) in [5.74, 6) is 14.1. The van der Waals surface area contributed by atoms with Crippen LogP contribution in [-0.4, -0.2) is 12.2 Å². The van der Waals surface area contributed by atoms with Gasteiger partial charge in [0.05, 0.1) is 33.1 Å². The first kappa shape index (κ1) is 33.3. The van der Waals surface area contributed by atoms with Gasteiger partial charge in [-0.3, -0.25) is 0 Å². The number of hydrogen-bond donors (Lipinski definition) is 0. The molecule has 0 aliphatic carbocycles. The van der Waals surface area contributed by atoms with Crippen LogP contribution in [-0.2, 0) is 0 Å². The average molecular weight is 591 g/mol. The van der Waals surface area contributed by atoms with E-state index in [1.54, 1.807) is 0 Å². The molecule has 0 aliphatic heterocycles. The number of rotatable bonds is 14. The molecule has 3 aromatic rings. The van der Waals surface area contributed by atoms with E-state index in [1.165, 1.54) is 62.7 Å². The van der Waals surface area contributed by atoms with Crippen molar-refractivity contribution in [3.63, 3.8) is 0 Å². The predicted octanol–water partition coefficient (Wildman–Crippen LogP) is 9.77. The number of nitriles is 2. The minimum atomic E-state index is 0.169. The largest absolute Gasteiger partial charge is 0.491 e. The van der Waals surface area contributed by atoms with Gasteiger partial charge < -0.3 is 9.47 Å². The summed E-state index contributed by atoms with van der Waals surface area (Å²) in [5, 5.41) is 19.6. The van der Waals surface area contributed by atoms with Crippen LogP contribution in [0.5, 0.6) is 11.5 Å². The highest BCUT2D eigenvalue weighted by molar-refractivity contribution is 7.13. The van der Waals surface area contributed by atoms with Gasteiger partial charge in [-0.2, -0.15) is 10.5 Å². The van der Waals surface area contributed by atoms with Crippen molar-refractivity contribution >= 4 is 11.3 Å². The van der Waals surface area contributed by atoms with Gasteiger partial charge in [0, 0.05) is 11.1 Å². The van der Waals surface area contributed by atoms with Crippen LogP contribution in [0.15, 0.2) is 48.5 Å². The highest BCUT2D eigenvalue weighted by Gasteiger charge is 2.16. The van der Waals surface area contributed by atoms with Crippen molar-refractivity contribution in [3.05, 3.63) is 80.5 Å². The van der Waals surface area contributed by atoms with Gasteiger partial charge in [-0.15, -0.1) is 11.3 Å². The van der Waals surface area contributed by atoms with E-state index in [0.717, 1.165) is 35.5 Å². The summed E-state index contributed by atoms with van der Waals surface area (Å²) in [4.78, 5) is 1.09.